The topological polar surface area (TPSA) is 43.8 Å². The number of hydrogen-bond donors (Lipinski definition) is 1. The van der Waals surface area contributed by atoms with E-state index in [1.54, 1.807) is 18.3 Å². The summed E-state index contributed by atoms with van der Waals surface area (Å²) in [6.07, 6.45) is 3.51. The van der Waals surface area contributed by atoms with Crippen LogP contribution in [0.1, 0.15) is 24.4 Å². The molecule has 1 aromatic carbocycles. The molecule has 0 spiro atoms. The highest BCUT2D eigenvalue weighted by Crippen LogP contribution is 2.27. The molecule has 0 aliphatic rings. The number of aryl methyl sites for hydroxylation is 1. The highest BCUT2D eigenvalue weighted by molar-refractivity contribution is 6.31. The second-order valence-electron chi connectivity index (χ2n) is 3.69. The second-order valence-corrected chi connectivity index (χ2v) is 4.07. The molecule has 17 heavy (non-hydrogen) atoms. The van der Waals surface area contributed by atoms with Gasteiger partial charge >= 0.3 is 0 Å². The molecule has 0 bridgehead atoms. The number of halogens is 2. The van der Waals surface area contributed by atoms with E-state index in [4.69, 9.17) is 17.3 Å². The molecule has 0 fully saturated rings. The van der Waals surface area contributed by atoms with Crippen molar-refractivity contribution < 1.29 is 4.39 Å². The van der Waals surface area contributed by atoms with E-state index in [1.807, 2.05) is 17.7 Å². The molecule has 5 heteroatoms. The Morgan fingerprint density at radius 3 is 3.00 bits per heavy atom. The van der Waals surface area contributed by atoms with Crippen LogP contribution in [0.2, 0.25) is 5.02 Å². The van der Waals surface area contributed by atoms with Gasteiger partial charge in [0.2, 0.25) is 0 Å². The molecule has 0 aliphatic carbocycles. The Labute approximate surface area is 104 Å². The van der Waals surface area contributed by atoms with Gasteiger partial charge in [-0.3, -0.25) is 0 Å². The number of nitrogens with zero attached hydrogens (tertiary/aromatic N) is 2. The van der Waals surface area contributed by atoms with E-state index in [0.717, 1.165) is 6.54 Å². The van der Waals surface area contributed by atoms with Crippen molar-refractivity contribution in [3.63, 3.8) is 0 Å². The Bertz CT molecular complexity index is 524. The smallest absolute Gasteiger partial charge is 0.142 e. The molecule has 1 unspecified atom stereocenters. The van der Waals surface area contributed by atoms with Gasteiger partial charge < -0.3 is 10.3 Å². The van der Waals surface area contributed by atoms with Crippen molar-refractivity contribution in [2.45, 2.75) is 19.5 Å². The summed E-state index contributed by atoms with van der Waals surface area (Å²) < 4.78 is 15.3. The summed E-state index contributed by atoms with van der Waals surface area (Å²) >= 11 is 5.91. The Morgan fingerprint density at radius 1 is 1.53 bits per heavy atom. The lowest BCUT2D eigenvalue weighted by Crippen LogP contribution is -2.18. The van der Waals surface area contributed by atoms with Crippen molar-refractivity contribution in [1.29, 1.82) is 0 Å². The molecule has 1 aromatic heterocycles. The van der Waals surface area contributed by atoms with E-state index in [2.05, 4.69) is 4.98 Å². The van der Waals surface area contributed by atoms with Crippen LogP contribution in [0.5, 0.6) is 0 Å². The normalized spacial score (nSPS) is 12.7. The zero-order chi connectivity index (χ0) is 12.4. The van der Waals surface area contributed by atoms with E-state index in [0.29, 0.717) is 11.4 Å². The Kier molecular flexibility index (Phi) is 3.45. The molecule has 2 rings (SSSR count). The lowest BCUT2D eigenvalue weighted by Gasteiger charge is -2.15. The quantitative estimate of drug-likeness (QED) is 0.914. The number of hydrogen-bond acceptors (Lipinski definition) is 2. The van der Waals surface area contributed by atoms with Crippen molar-refractivity contribution in [3.05, 3.63) is 52.8 Å². The number of rotatable bonds is 3. The molecule has 2 aromatic rings. The van der Waals surface area contributed by atoms with Gasteiger partial charge in [0, 0.05) is 18.9 Å². The summed E-state index contributed by atoms with van der Waals surface area (Å²) in [6, 6.07) is 4.10. The third-order valence-electron chi connectivity index (χ3n) is 2.68. The second kappa shape index (κ2) is 4.85. The molecule has 1 heterocycles. The summed E-state index contributed by atoms with van der Waals surface area (Å²) in [4.78, 5) is 4.19. The molecular formula is C12H13ClFN3. The van der Waals surface area contributed by atoms with Crippen LogP contribution in [-0.4, -0.2) is 9.55 Å². The summed E-state index contributed by atoms with van der Waals surface area (Å²) in [5, 5.41) is 0.0608. The molecule has 0 aliphatic heterocycles. The van der Waals surface area contributed by atoms with Gasteiger partial charge in [0.05, 0.1) is 11.1 Å². The first-order chi connectivity index (χ1) is 8.15. The summed E-state index contributed by atoms with van der Waals surface area (Å²) in [5.74, 6) is 0.217. The van der Waals surface area contributed by atoms with E-state index in [1.165, 1.54) is 6.07 Å². The highest BCUT2D eigenvalue weighted by atomic mass is 35.5. The van der Waals surface area contributed by atoms with Crippen LogP contribution in [0.25, 0.3) is 0 Å². The zero-order valence-corrected chi connectivity index (χ0v) is 10.2. The van der Waals surface area contributed by atoms with Crippen molar-refractivity contribution in [1.82, 2.24) is 9.55 Å². The Morgan fingerprint density at radius 2 is 2.29 bits per heavy atom. The number of benzene rings is 1. The number of aromatic nitrogens is 2. The molecule has 0 saturated carbocycles. The van der Waals surface area contributed by atoms with E-state index in [-0.39, 0.29) is 5.02 Å². The average Bonchev–Trinajstić information content (AvgIpc) is 2.80. The average molecular weight is 254 g/mol. The van der Waals surface area contributed by atoms with E-state index >= 15 is 0 Å². The Balaban J connectivity index is 2.44. The lowest BCUT2D eigenvalue weighted by atomic mass is 10.1. The summed E-state index contributed by atoms with van der Waals surface area (Å²) in [6.45, 7) is 2.75. The standard InChI is InChI=1S/C12H13ClFN3/c1-2-17-7-6-16-12(17)11(15)8-4-3-5-9(14)10(8)13/h3-7,11H,2,15H2,1H3. The molecule has 2 N–H and O–H groups in total. The van der Waals surface area contributed by atoms with Crippen LogP contribution in [0.3, 0.4) is 0 Å². The first kappa shape index (κ1) is 12.1. The minimum Gasteiger partial charge on any atom is -0.334 e. The number of nitrogens with two attached hydrogens (primary N) is 1. The maximum absolute atomic E-state index is 13.3. The van der Waals surface area contributed by atoms with E-state index < -0.39 is 11.9 Å². The van der Waals surface area contributed by atoms with Crippen molar-refractivity contribution in [2.75, 3.05) is 0 Å². The zero-order valence-electron chi connectivity index (χ0n) is 9.40. The fourth-order valence-electron chi connectivity index (χ4n) is 1.77. The Hall–Kier alpha value is -1.39. The van der Waals surface area contributed by atoms with Crippen LogP contribution in [0.15, 0.2) is 30.6 Å². The summed E-state index contributed by atoms with van der Waals surface area (Å²) in [7, 11) is 0. The third-order valence-corrected chi connectivity index (χ3v) is 3.08. The largest absolute Gasteiger partial charge is 0.334 e. The van der Waals surface area contributed by atoms with Gasteiger partial charge in [-0.1, -0.05) is 23.7 Å². The van der Waals surface area contributed by atoms with Gasteiger partial charge in [0.25, 0.3) is 0 Å². The lowest BCUT2D eigenvalue weighted by molar-refractivity contribution is 0.617. The first-order valence-electron chi connectivity index (χ1n) is 5.35. The molecule has 1 atom stereocenters. The van der Waals surface area contributed by atoms with Crippen LogP contribution < -0.4 is 5.73 Å². The minimum atomic E-state index is -0.520. The van der Waals surface area contributed by atoms with Crippen molar-refractivity contribution >= 4 is 11.6 Å². The minimum absolute atomic E-state index is 0.0608. The molecule has 0 saturated heterocycles. The monoisotopic (exact) mass is 253 g/mol. The maximum atomic E-state index is 13.3. The predicted octanol–water partition coefficient (Wildman–Crippen LogP) is 2.74. The van der Waals surface area contributed by atoms with Gasteiger partial charge in [-0.15, -0.1) is 0 Å². The maximum Gasteiger partial charge on any atom is 0.142 e. The fourth-order valence-corrected chi connectivity index (χ4v) is 2.01. The third kappa shape index (κ3) is 2.18. The molecule has 0 amide bonds. The number of imidazole rings is 1. The fraction of sp³-hybridized carbons (Fsp3) is 0.250. The molecule has 0 radical (unpaired) electrons. The predicted molar refractivity (Wildman–Crippen MR) is 65.3 cm³/mol. The summed E-state index contributed by atoms with van der Waals surface area (Å²) in [5.41, 5.74) is 6.62. The van der Waals surface area contributed by atoms with Crippen LogP contribution in [0, 0.1) is 5.82 Å². The van der Waals surface area contributed by atoms with E-state index in [9.17, 15) is 4.39 Å². The first-order valence-corrected chi connectivity index (χ1v) is 5.73. The van der Waals surface area contributed by atoms with Gasteiger partial charge in [0.15, 0.2) is 0 Å². The molecule has 3 nitrogen and oxygen atoms in total. The van der Waals surface area contributed by atoms with Crippen molar-refractivity contribution in [3.8, 4) is 0 Å². The molecule has 90 valence electrons. The van der Waals surface area contributed by atoms with Crippen molar-refractivity contribution in [2.24, 2.45) is 5.73 Å². The van der Waals surface area contributed by atoms with Gasteiger partial charge in [-0.2, -0.15) is 0 Å². The highest BCUT2D eigenvalue weighted by Gasteiger charge is 2.18. The van der Waals surface area contributed by atoms with Crippen LogP contribution >= 0.6 is 11.6 Å². The van der Waals surface area contributed by atoms with Gasteiger partial charge in [-0.25, -0.2) is 9.37 Å². The van der Waals surface area contributed by atoms with Crippen LogP contribution in [-0.2, 0) is 6.54 Å². The molecular weight excluding hydrogens is 241 g/mol. The van der Waals surface area contributed by atoms with Crippen LogP contribution in [0.4, 0.5) is 4.39 Å². The van der Waals surface area contributed by atoms with Gasteiger partial charge in [-0.05, 0) is 18.6 Å². The SMILES string of the molecule is CCn1ccnc1C(N)c1cccc(F)c1Cl. The van der Waals surface area contributed by atoms with Gasteiger partial charge in [0.1, 0.15) is 11.6 Å².